The van der Waals surface area contributed by atoms with Crippen LogP contribution in [0.25, 0.3) is 28.3 Å². The molecule has 0 spiro atoms. The van der Waals surface area contributed by atoms with Crippen LogP contribution >= 0.6 is 0 Å². The zero-order chi connectivity index (χ0) is 23.4. The third-order valence-corrected chi connectivity index (χ3v) is 5.24. The Morgan fingerprint density at radius 2 is 1.64 bits per heavy atom. The maximum atomic E-state index is 5.51. The van der Waals surface area contributed by atoms with E-state index in [1.807, 2.05) is 54.1 Å². The first kappa shape index (κ1) is 22.1. The quantitative estimate of drug-likeness (QED) is 0.401. The maximum absolute atomic E-state index is 5.51. The number of hydrogen-bond donors (Lipinski definition) is 0. The number of aromatic nitrogens is 5. The van der Waals surface area contributed by atoms with Crippen LogP contribution < -0.4 is 18.9 Å². The number of hydrogen-bond acceptors (Lipinski definition) is 7. The van der Waals surface area contributed by atoms with Gasteiger partial charge in [0.1, 0.15) is 5.75 Å². The van der Waals surface area contributed by atoms with Crippen molar-refractivity contribution in [3.05, 3.63) is 66.1 Å². The second-order valence-electron chi connectivity index (χ2n) is 7.32. The van der Waals surface area contributed by atoms with Gasteiger partial charge in [0.05, 0.1) is 44.5 Å². The van der Waals surface area contributed by atoms with E-state index in [1.54, 1.807) is 33.6 Å². The van der Waals surface area contributed by atoms with Crippen molar-refractivity contribution < 1.29 is 18.9 Å². The summed E-state index contributed by atoms with van der Waals surface area (Å²) in [6.45, 7) is 4.08. The summed E-state index contributed by atoms with van der Waals surface area (Å²) in [6.07, 6.45) is 2.45. The van der Waals surface area contributed by atoms with E-state index in [4.69, 9.17) is 24.3 Å². The first-order valence-electron chi connectivity index (χ1n) is 10.6. The Labute approximate surface area is 192 Å². The van der Waals surface area contributed by atoms with Gasteiger partial charge in [-0.3, -0.25) is 9.97 Å². The Balaban J connectivity index is 1.83. The van der Waals surface area contributed by atoms with Crippen molar-refractivity contribution in [1.29, 1.82) is 0 Å². The van der Waals surface area contributed by atoms with Gasteiger partial charge in [0.15, 0.2) is 5.69 Å². The van der Waals surface area contributed by atoms with Gasteiger partial charge in [-0.15, -0.1) is 0 Å². The molecule has 0 aliphatic heterocycles. The summed E-state index contributed by atoms with van der Waals surface area (Å²) in [7, 11) is 4.78. The largest absolute Gasteiger partial charge is 0.495 e. The summed E-state index contributed by atoms with van der Waals surface area (Å²) in [5, 5.41) is 4.87. The SMILES string of the molecule is CCc1cc(-[n+]2nc(-c3ccc(OC)cn3)ccc2C)cc(-c2ccc(OC)nc2OC)n1. The van der Waals surface area contributed by atoms with Crippen LogP contribution in [-0.4, -0.2) is 41.4 Å². The van der Waals surface area contributed by atoms with Crippen LogP contribution in [0.1, 0.15) is 18.3 Å². The fraction of sp³-hybridized carbons (Fsp3) is 0.240. The molecule has 0 unspecified atom stereocenters. The molecule has 0 saturated heterocycles. The van der Waals surface area contributed by atoms with Crippen LogP contribution in [0.3, 0.4) is 0 Å². The normalized spacial score (nSPS) is 10.7. The molecule has 0 atom stereocenters. The zero-order valence-electron chi connectivity index (χ0n) is 19.4. The molecule has 0 N–H and O–H groups in total. The average Bonchev–Trinajstić information content (AvgIpc) is 2.88. The van der Waals surface area contributed by atoms with E-state index in [0.29, 0.717) is 17.5 Å². The molecule has 4 heterocycles. The Morgan fingerprint density at radius 3 is 2.30 bits per heavy atom. The van der Waals surface area contributed by atoms with Gasteiger partial charge in [-0.2, -0.15) is 4.98 Å². The molecule has 0 saturated carbocycles. The lowest BCUT2D eigenvalue weighted by Crippen LogP contribution is -2.39. The predicted octanol–water partition coefficient (Wildman–Crippen LogP) is 3.77. The van der Waals surface area contributed by atoms with Crippen molar-refractivity contribution in [2.24, 2.45) is 0 Å². The van der Waals surface area contributed by atoms with E-state index in [-0.39, 0.29) is 0 Å². The highest BCUT2D eigenvalue weighted by molar-refractivity contribution is 5.67. The van der Waals surface area contributed by atoms with E-state index in [2.05, 4.69) is 16.9 Å². The topological polar surface area (TPSA) is 83.1 Å². The second kappa shape index (κ2) is 9.60. The molecule has 0 aliphatic rings. The van der Waals surface area contributed by atoms with Gasteiger partial charge in [-0.25, -0.2) is 0 Å². The summed E-state index contributed by atoms with van der Waals surface area (Å²) in [5.41, 5.74) is 5.84. The molecule has 33 heavy (non-hydrogen) atoms. The van der Waals surface area contributed by atoms with Crippen molar-refractivity contribution >= 4 is 0 Å². The standard InChI is InChI=1S/C25H26N5O3/c1-6-17-13-18(14-23(27-17)20-9-12-24(32-4)28-25(20)33-5)30-16(2)7-10-22(29-30)21-11-8-19(31-3)15-26-21/h7-15H,6H2,1-5H3/q+1. The molecule has 0 amide bonds. The van der Waals surface area contributed by atoms with Crippen LogP contribution in [0.15, 0.2) is 54.7 Å². The van der Waals surface area contributed by atoms with Crippen molar-refractivity contribution in [2.75, 3.05) is 21.3 Å². The van der Waals surface area contributed by atoms with Gasteiger partial charge in [-0.05, 0) is 35.4 Å². The minimum atomic E-state index is 0.451. The number of ether oxygens (including phenoxy) is 3. The first-order valence-corrected chi connectivity index (χ1v) is 10.6. The molecule has 0 aromatic carbocycles. The zero-order valence-corrected chi connectivity index (χ0v) is 19.4. The fourth-order valence-corrected chi connectivity index (χ4v) is 3.44. The Bertz CT molecular complexity index is 1280. The Morgan fingerprint density at radius 1 is 0.818 bits per heavy atom. The van der Waals surface area contributed by atoms with Crippen molar-refractivity contribution in [3.8, 4) is 45.8 Å². The molecule has 8 heteroatoms. The fourth-order valence-electron chi connectivity index (χ4n) is 3.44. The molecule has 0 fully saturated rings. The minimum Gasteiger partial charge on any atom is -0.495 e. The van der Waals surface area contributed by atoms with Gasteiger partial charge in [-0.1, -0.05) is 6.92 Å². The van der Waals surface area contributed by atoms with E-state index in [9.17, 15) is 0 Å². The lowest BCUT2D eigenvalue weighted by atomic mass is 10.1. The Kier molecular flexibility index (Phi) is 6.44. The molecule has 8 nitrogen and oxygen atoms in total. The van der Waals surface area contributed by atoms with E-state index < -0.39 is 0 Å². The molecule has 4 rings (SSSR count). The van der Waals surface area contributed by atoms with Gasteiger partial charge >= 0.3 is 0 Å². The summed E-state index contributed by atoms with van der Waals surface area (Å²) in [6, 6.07) is 15.5. The predicted molar refractivity (Wildman–Crippen MR) is 124 cm³/mol. The highest BCUT2D eigenvalue weighted by Crippen LogP contribution is 2.30. The lowest BCUT2D eigenvalue weighted by molar-refractivity contribution is -0.665. The van der Waals surface area contributed by atoms with Crippen LogP contribution in [0.5, 0.6) is 17.5 Å². The smallest absolute Gasteiger partial charge is 0.242 e. The molecular weight excluding hydrogens is 418 g/mol. The summed E-state index contributed by atoms with van der Waals surface area (Å²) >= 11 is 0. The molecular formula is C25H26N5O3+. The molecule has 4 aromatic heterocycles. The van der Waals surface area contributed by atoms with E-state index >= 15 is 0 Å². The van der Waals surface area contributed by atoms with Gasteiger partial charge in [0.25, 0.3) is 0 Å². The third kappa shape index (κ3) is 4.59. The van der Waals surface area contributed by atoms with E-state index in [1.165, 1.54) is 0 Å². The molecule has 0 radical (unpaired) electrons. The number of rotatable bonds is 7. The molecule has 4 aromatic rings. The second-order valence-corrected chi connectivity index (χ2v) is 7.32. The summed E-state index contributed by atoms with van der Waals surface area (Å²) in [5.74, 6) is 1.63. The number of nitrogens with zero attached hydrogens (tertiary/aromatic N) is 5. The highest BCUT2D eigenvalue weighted by atomic mass is 16.5. The van der Waals surface area contributed by atoms with Crippen molar-refractivity contribution in [2.45, 2.75) is 20.3 Å². The number of methoxy groups -OCH3 is 3. The third-order valence-electron chi connectivity index (χ3n) is 5.24. The van der Waals surface area contributed by atoms with Crippen LogP contribution in [0.2, 0.25) is 0 Å². The molecule has 0 bridgehead atoms. The van der Waals surface area contributed by atoms with Gasteiger partial charge < -0.3 is 14.2 Å². The Hall–Kier alpha value is -4.07. The lowest BCUT2D eigenvalue weighted by Gasteiger charge is -2.10. The maximum Gasteiger partial charge on any atom is 0.242 e. The van der Waals surface area contributed by atoms with Crippen LogP contribution in [0.4, 0.5) is 0 Å². The van der Waals surface area contributed by atoms with Gasteiger partial charge in [0, 0.05) is 42.0 Å². The minimum absolute atomic E-state index is 0.451. The van der Waals surface area contributed by atoms with Crippen LogP contribution in [-0.2, 0) is 6.42 Å². The molecule has 168 valence electrons. The molecule has 0 aliphatic carbocycles. The highest BCUT2D eigenvalue weighted by Gasteiger charge is 2.20. The number of aryl methyl sites for hydroxylation is 2. The summed E-state index contributed by atoms with van der Waals surface area (Å²) in [4.78, 5) is 13.7. The van der Waals surface area contributed by atoms with Crippen LogP contribution in [0, 0.1) is 6.92 Å². The van der Waals surface area contributed by atoms with E-state index in [0.717, 1.165) is 46.1 Å². The van der Waals surface area contributed by atoms with Crippen molar-refractivity contribution in [3.63, 3.8) is 0 Å². The van der Waals surface area contributed by atoms with Gasteiger partial charge in [0.2, 0.25) is 23.1 Å². The van der Waals surface area contributed by atoms with Crippen molar-refractivity contribution in [1.82, 2.24) is 20.1 Å². The average molecular weight is 445 g/mol. The number of pyridine rings is 3. The first-order chi connectivity index (χ1) is 16.1. The monoisotopic (exact) mass is 444 g/mol. The summed E-state index contributed by atoms with van der Waals surface area (Å²) < 4.78 is 17.9.